The molecule has 1 aromatic rings. The van der Waals surface area contributed by atoms with Gasteiger partial charge in [-0.2, -0.15) is 0 Å². The van der Waals surface area contributed by atoms with Gasteiger partial charge in [-0.05, 0) is 43.7 Å². The topological polar surface area (TPSA) is 55.1 Å². The first kappa shape index (κ1) is 16.7. The molecule has 0 atom stereocenters. The van der Waals surface area contributed by atoms with Crippen molar-refractivity contribution in [3.05, 3.63) is 35.4 Å². The number of carbonyl (C=O) groups excluding carboxylic acids is 1. The third-order valence-electron chi connectivity index (χ3n) is 3.58. The Morgan fingerprint density at radius 2 is 1.90 bits per heavy atom. The van der Waals surface area contributed by atoms with E-state index in [1.54, 1.807) is 0 Å². The molecule has 0 aliphatic rings. The van der Waals surface area contributed by atoms with Gasteiger partial charge in [0.05, 0.1) is 0 Å². The van der Waals surface area contributed by atoms with E-state index in [4.69, 9.17) is 5.73 Å². The van der Waals surface area contributed by atoms with Gasteiger partial charge in [0, 0.05) is 13.0 Å². The van der Waals surface area contributed by atoms with Crippen molar-refractivity contribution in [2.45, 2.75) is 46.5 Å². The van der Waals surface area contributed by atoms with Gasteiger partial charge < -0.3 is 11.1 Å². The molecule has 3 heteroatoms. The molecule has 0 aliphatic heterocycles. The van der Waals surface area contributed by atoms with Gasteiger partial charge in [0.2, 0.25) is 5.91 Å². The second-order valence-corrected chi connectivity index (χ2v) is 6.32. The second-order valence-electron chi connectivity index (χ2n) is 6.32. The summed E-state index contributed by atoms with van der Waals surface area (Å²) in [7, 11) is 0. The smallest absolute Gasteiger partial charge is 0.220 e. The first-order valence-electron chi connectivity index (χ1n) is 7.45. The summed E-state index contributed by atoms with van der Waals surface area (Å²) >= 11 is 0. The van der Waals surface area contributed by atoms with Crippen LogP contribution in [-0.4, -0.2) is 19.0 Å². The lowest BCUT2D eigenvalue weighted by Gasteiger charge is -2.24. The molecule has 3 nitrogen and oxygen atoms in total. The summed E-state index contributed by atoms with van der Waals surface area (Å²) < 4.78 is 0. The van der Waals surface area contributed by atoms with Gasteiger partial charge in [0.15, 0.2) is 0 Å². The maximum atomic E-state index is 11.9. The fraction of sp³-hybridized carbons (Fsp3) is 0.588. The van der Waals surface area contributed by atoms with Crippen LogP contribution in [-0.2, 0) is 11.2 Å². The van der Waals surface area contributed by atoms with Crippen molar-refractivity contribution in [2.75, 3.05) is 13.1 Å². The van der Waals surface area contributed by atoms with E-state index in [1.807, 2.05) is 0 Å². The Bertz CT molecular complexity index is 410. The van der Waals surface area contributed by atoms with E-state index in [0.29, 0.717) is 13.0 Å². The summed E-state index contributed by atoms with van der Waals surface area (Å²) in [5.74, 6) is 0.131. The van der Waals surface area contributed by atoms with Gasteiger partial charge in [-0.1, -0.05) is 43.7 Å². The van der Waals surface area contributed by atoms with E-state index < -0.39 is 0 Å². The van der Waals surface area contributed by atoms with Crippen molar-refractivity contribution in [3.8, 4) is 0 Å². The van der Waals surface area contributed by atoms with Crippen LogP contribution in [0.5, 0.6) is 0 Å². The molecule has 0 fully saturated rings. The number of carbonyl (C=O) groups is 1. The Balaban J connectivity index is 2.28. The highest BCUT2D eigenvalue weighted by Crippen LogP contribution is 2.20. The standard InChI is InChI=1S/C17H28N2O/c1-14-5-7-15(8-6-14)9-10-16(20)19-13-17(2,3)11-4-12-18/h5-8H,4,9-13,18H2,1-3H3,(H,19,20). The maximum absolute atomic E-state index is 11.9. The third kappa shape index (κ3) is 6.71. The predicted octanol–water partition coefficient (Wildman–Crippen LogP) is 2.81. The molecule has 0 saturated carbocycles. The molecule has 1 aromatic carbocycles. The van der Waals surface area contributed by atoms with Crippen molar-refractivity contribution in [2.24, 2.45) is 11.1 Å². The van der Waals surface area contributed by atoms with E-state index in [0.717, 1.165) is 25.8 Å². The summed E-state index contributed by atoms with van der Waals surface area (Å²) in [5, 5.41) is 3.03. The number of nitrogens with two attached hydrogens (primary N) is 1. The van der Waals surface area contributed by atoms with Gasteiger partial charge in [0.25, 0.3) is 0 Å². The van der Waals surface area contributed by atoms with Gasteiger partial charge in [-0.15, -0.1) is 0 Å². The highest BCUT2D eigenvalue weighted by Gasteiger charge is 2.17. The molecule has 0 radical (unpaired) electrons. The number of benzene rings is 1. The van der Waals surface area contributed by atoms with Gasteiger partial charge >= 0.3 is 0 Å². The van der Waals surface area contributed by atoms with Crippen LogP contribution < -0.4 is 11.1 Å². The molecule has 20 heavy (non-hydrogen) atoms. The molecule has 0 saturated heterocycles. The fourth-order valence-corrected chi connectivity index (χ4v) is 2.11. The van der Waals surface area contributed by atoms with Crippen LogP contribution in [0.3, 0.4) is 0 Å². The zero-order chi connectivity index (χ0) is 15.0. The molecule has 0 bridgehead atoms. The molecule has 1 rings (SSSR count). The quantitative estimate of drug-likeness (QED) is 0.767. The highest BCUT2D eigenvalue weighted by molar-refractivity contribution is 5.76. The van der Waals surface area contributed by atoms with Crippen LogP contribution in [0.1, 0.15) is 44.2 Å². The molecule has 3 N–H and O–H groups in total. The molecular weight excluding hydrogens is 248 g/mol. The second kappa shape index (κ2) is 8.05. The van der Waals surface area contributed by atoms with Crippen molar-refractivity contribution >= 4 is 5.91 Å². The lowest BCUT2D eigenvalue weighted by molar-refractivity contribution is -0.121. The number of hydrogen-bond acceptors (Lipinski definition) is 2. The average Bonchev–Trinajstić information content (AvgIpc) is 2.42. The van der Waals surface area contributed by atoms with Gasteiger partial charge in [-0.3, -0.25) is 4.79 Å². The summed E-state index contributed by atoms with van der Waals surface area (Å²) in [4.78, 5) is 11.9. The molecule has 0 heterocycles. The molecule has 0 aliphatic carbocycles. The number of hydrogen-bond donors (Lipinski definition) is 2. The number of rotatable bonds is 8. The van der Waals surface area contributed by atoms with E-state index in [2.05, 4.69) is 50.4 Å². The first-order chi connectivity index (χ1) is 9.43. The van der Waals surface area contributed by atoms with Crippen molar-refractivity contribution in [1.29, 1.82) is 0 Å². The molecule has 112 valence electrons. The van der Waals surface area contributed by atoms with E-state index >= 15 is 0 Å². The van der Waals surface area contributed by atoms with E-state index in [1.165, 1.54) is 11.1 Å². The molecular formula is C17H28N2O. The lowest BCUT2D eigenvalue weighted by atomic mass is 9.87. The summed E-state index contributed by atoms with van der Waals surface area (Å²) in [6, 6.07) is 8.36. The van der Waals surface area contributed by atoms with Gasteiger partial charge in [-0.25, -0.2) is 0 Å². The van der Waals surface area contributed by atoms with Crippen LogP contribution >= 0.6 is 0 Å². The number of aryl methyl sites for hydroxylation is 2. The summed E-state index contributed by atoms with van der Waals surface area (Å²) in [6.45, 7) is 7.84. The summed E-state index contributed by atoms with van der Waals surface area (Å²) in [6.07, 6.45) is 3.40. The van der Waals surface area contributed by atoms with Crippen molar-refractivity contribution in [3.63, 3.8) is 0 Å². The molecule has 1 amide bonds. The van der Waals surface area contributed by atoms with Crippen molar-refractivity contribution in [1.82, 2.24) is 5.32 Å². The van der Waals surface area contributed by atoms with Gasteiger partial charge in [0.1, 0.15) is 0 Å². The van der Waals surface area contributed by atoms with Crippen LogP contribution in [0.2, 0.25) is 0 Å². The first-order valence-corrected chi connectivity index (χ1v) is 7.45. The number of nitrogens with one attached hydrogen (secondary N) is 1. The third-order valence-corrected chi connectivity index (χ3v) is 3.58. The summed E-state index contributed by atoms with van der Waals surface area (Å²) in [5.41, 5.74) is 8.12. The minimum atomic E-state index is 0.124. The minimum Gasteiger partial charge on any atom is -0.356 e. The Morgan fingerprint density at radius 3 is 2.50 bits per heavy atom. The zero-order valence-corrected chi connectivity index (χ0v) is 13.0. The van der Waals surface area contributed by atoms with Crippen LogP contribution in [0.15, 0.2) is 24.3 Å². The van der Waals surface area contributed by atoms with E-state index in [-0.39, 0.29) is 11.3 Å². The molecule has 0 spiro atoms. The van der Waals surface area contributed by atoms with Crippen LogP contribution in [0.4, 0.5) is 0 Å². The Hall–Kier alpha value is -1.35. The monoisotopic (exact) mass is 276 g/mol. The maximum Gasteiger partial charge on any atom is 0.220 e. The fourth-order valence-electron chi connectivity index (χ4n) is 2.11. The predicted molar refractivity (Wildman–Crippen MR) is 84.6 cm³/mol. The normalized spacial score (nSPS) is 11.4. The zero-order valence-electron chi connectivity index (χ0n) is 13.0. The Labute approximate surface area is 122 Å². The van der Waals surface area contributed by atoms with E-state index in [9.17, 15) is 4.79 Å². The SMILES string of the molecule is Cc1ccc(CCC(=O)NCC(C)(C)CCCN)cc1. The minimum absolute atomic E-state index is 0.124. The Kier molecular flexibility index (Phi) is 6.73. The number of amides is 1. The largest absolute Gasteiger partial charge is 0.356 e. The highest BCUT2D eigenvalue weighted by atomic mass is 16.1. The van der Waals surface area contributed by atoms with Crippen LogP contribution in [0.25, 0.3) is 0 Å². The lowest BCUT2D eigenvalue weighted by Crippen LogP contribution is -2.34. The molecule has 0 unspecified atom stereocenters. The molecule has 0 aromatic heterocycles. The van der Waals surface area contributed by atoms with Crippen LogP contribution in [0, 0.1) is 12.3 Å². The van der Waals surface area contributed by atoms with Crippen molar-refractivity contribution < 1.29 is 4.79 Å². The Morgan fingerprint density at radius 1 is 1.25 bits per heavy atom. The average molecular weight is 276 g/mol.